The van der Waals surface area contributed by atoms with Gasteiger partial charge in [0.1, 0.15) is 5.82 Å². The molecule has 2 nitrogen and oxygen atoms in total. The van der Waals surface area contributed by atoms with Gasteiger partial charge in [-0.3, -0.25) is 0 Å². The van der Waals surface area contributed by atoms with Gasteiger partial charge in [-0.05, 0) is 61.3 Å². The number of rotatable bonds is 4. The van der Waals surface area contributed by atoms with E-state index in [0.29, 0.717) is 11.0 Å². The maximum atomic E-state index is 13.3. The maximum absolute atomic E-state index is 13.3. The lowest BCUT2D eigenvalue weighted by Gasteiger charge is -2.38. The Morgan fingerprint density at radius 2 is 1.88 bits per heavy atom. The average molecular weight is 304 g/mol. The molecule has 0 heterocycles. The average Bonchev–Trinajstić information content (AvgIpc) is 2.18. The van der Waals surface area contributed by atoms with E-state index in [9.17, 15) is 9.50 Å². The Morgan fingerprint density at radius 1 is 1.29 bits per heavy atom. The van der Waals surface area contributed by atoms with Gasteiger partial charge in [-0.15, -0.1) is 0 Å². The van der Waals surface area contributed by atoms with E-state index in [1.54, 1.807) is 19.9 Å². The minimum Gasteiger partial charge on any atom is -0.389 e. The highest BCUT2D eigenvalue weighted by Crippen LogP contribution is 2.22. The zero-order valence-electron chi connectivity index (χ0n) is 10.6. The van der Waals surface area contributed by atoms with Gasteiger partial charge in [0.15, 0.2) is 0 Å². The fourth-order valence-corrected chi connectivity index (χ4v) is 1.44. The second-order valence-corrected chi connectivity index (χ2v) is 6.14. The van der Waals surface area contributed by atoms with Crippen LogP contribution in [0.3, 0.4) is 0 Å². The molecule has 1 aromatic carbocycles. The van der Waals surface area contributed by atoms with Crippen molar-refractivity contribution in [1.29, 1.82) is 0 Å². The smallest absolute Gasteiger partial charge is 0.137 e. The Morgan fingerprint density at radius 3 is 2.35 bits per heavy atom. The summed E-state index contributed by atoms with van der Waals surface area (Å²) in [6.07, 6.45) is 0. The van der Waals surface area contributed by atoms with Crippen molar-refractivity contribution < 1.29 is 9.50 Å². The Bertz CT molecular complexity index is 399. The third-order valence-corrected chi connectivity index (χ3v) is 3.89. The van der Waals surface area contributed by atoms with Crippen LogP contribution in [-0.4, -0.2) is 16.2 Å². The van der Waals surface area contributed by atoms with Crippen LogP contribution < -0.4 is 5.32 Å². The van der Waals surface area contributed by atoms with Gasteiger partial charge in [-0.2, -0.15) is 0 Å². The highest BCUT2D eigenvalue weighted by molar-refractivity contribution is 9.10. The van der Waals surface area contributed by atoms with Gasteiger partial charge in [-0.1, -0.05) is 6.07 Å². The molecule has 1 rings (SSSR count). The highest BCUT2D eigenvalue weighted by Gasteiger charge is 2.34. The molecule has 0 aliphatic carbocycles. The van der Waals surface area contributed by atoms with E-state index in [4.69, 9.17) is 0 Å². The van der Waals surface area contributed by atoms with Crippen molar-refractivity contribution in [1.82, 2.24) is 5.32 Å². The first-order valence-corrected chi connectivity index (χ1v) is 6.34. The molecule has 0 atom stereocenters. The van der Waals surface area contributed by atoms with Crippen LogP contribution in [0.5, 0.6) is 0 Å². The molecule has 0 saturated heterocycles. The molecule has 96 valence electrons. The summed E-state index contributed by atoms with van der Waals surface area (Å²) >= 11 is 3.12. The molecule has 0 aliphatic heterocycles. The molecule has 0 radical (unpaired) electrons. The fourth-order valence-electron chi connectivity index (χ4n) is 1.19. The summed E-state index contributed by atoms with van der Waals surface area (Å²) in [7, 11) is 0. The Labute approximate surface area is 110 Å². The lowest BCUT2D eigenvalue weighted by molar-refractivity contribution is -0.00532. The van der Waals surface area contributed by atoms with Crippen LogP contribution in [-0.2, 0) is 6.54 Å². The third kappa shape index (κ3) is 3.76. The van der Waals surface area contributed by atoms with Gasteiger partial charge in [0.25, 0.3) is 0 Å². The number of hydrogen-bond acceptors (Lipinski definition) is 2. The van der Waals surface area contributed by atoms with Crippen LogP contribution in [0.25, 0.3) is 0 Å². The first-order chi connectivity index (χ1) is 7.63. The van der Waals surface area contributed by atoms with Crippen LogP contribution in [0.4, 0.5) is 4.39 Å². The van der Waals surface area contributed by atoms with Crippen LogP contribution in [0.2, 0.25) is 0 Å². The molecule has 17 heavy (non-hydrogen) atoms. The van der Waals surface area contributed by atoms with Crippen LogP contribution in [0.1, 0.15) is 33.3 Å². The van der Waals surface area contributed by atoms with E-state index >= 15 is 0 Å². The first-order valence-electron chi connectivity index (χ1n) is 5.55. The highest BCUT2D eigenvalue weighted by atomic mass is 79.9. The van der Waals surface area contributed by atoms with E-state index in [0.717, 1.165) is 5.56 Å². The minimum absolute atomic E-state index is 0.273. The normalized spacial score (nSPS) is 12.9. The van der Waals surface area contributed by atoms with Crippen molar-refractivity contribution in [2.75, 3.05) is 0 Å². The van der Waals surface area contributed by atoms with Gasteiger partial charge in [0.05, 0.1) is 10.1 Å². The van der Waals surface area contributed by atoms with E-state index in [1.165, 1.54) is 6.07 Å². The number of halogens is 2. The van der Waals surface area contributed by atoms with Crippen molar-refractivity contribution >= 4 is 15.9 Å². The van der Waals surface area contributed by atoms with E-state index < -0.39 is 11.1 Å². The molecule has 0 aliphatic rings. The summed E-state index contributed by atoms with van der Waals surface area (Å²) in [5, 5.41) is 13.2. The molecule has 0 unspecified atom stereocenters. The quantitative estimate of drug-likeness (QED) is 0.895. The van der Waals surface area contributed by atoms with Crippen LogP contribution >= 0.6 is 15.9 Å². The number of hydrogen-bond donors (Lipinski definition) is 2. The lowest BCUT2D eigenvalue weighted by atomic mass is 9.86. The van der Waals surface area contributed by atoms with Crippen molar-refractivity contribution in [2.45, 2.75) is 45.4 Å². The second-order valence-electron chi connectivity index (χ2n) is 5.29. The maximum Gasteiger partial charge on any atom is 0.137 e. The van der Waals surface area contributed by atoms with Crippen molar-refractivity contribution in [3.8, 4) is 0 Å². The Kier molecular flexibility index (Phi) is 4.33. The van der Waals surface area contributed by atoms with E-state index in [2.05, 4.69) is 21.2 Å². The summed E-state index contributed by atoms with van der Waals surface area (Å²) in [6, 6.07) is 5.02. The predicted molar refractivity (Wildman–Crippen MR) is 71.3 cm³/mol. The standard InChI is InChI=1S/C13H19BrFNO/c1-12(2,13(3,4)17)16-8-9-5-6-10(14)11(15)7-9/h5-7,16-17H,8H2,1-4H3. The molecular weight excluding hydrogens is 285 g/mol. The summed E-state index contributed by atoms with van der Waals surface area (Å²) in [5.74, 6) is -0.273. The topological polar surface area (TPSA) is 32.3 Å². The van der Waals surface area contributed by atoms with Crippen LogP contribution in [0.15, 0.2) is 22.7 Å². The second kappa shape index (κ2) is 5.04. The first kappa shape index (κ1) is 14.6. The van der Waals surface area contributed by atoms with Gasteiger partial charge in [0, 0.05) is 12.1 Å². The predicted octanol–water partition coefficient (Wildman–Crippen LogP) is 3.23. The van der Waals surface area contributed by atoms with Crippen LogP contribution in [0, 0.1) is 5.82 Å². The number of nitrogens with one attached hydrogen (secondary N) is 1. The monoisotopic (exact) mass is 303 g/mol. The van der Waals surface area contributed by atoms with Crippen molar-refractivity contribution in [3.63, 3.8) is 0 Å². The third-order valence-electron chi connectivity index (χ3n) is 3.25. The molecule has 0 fully saturated rings. The molecule has 0 amide bonds. The zero-order chi connectivity index (χ0) is 13.3. The summed E-state index contributed by atoms with van der Waals surface area (Å²) < 4.78 is 13.8. The zero-order valence-corrected chi connectivity index (χ0v) is 12.2. The molecule has 0 aromatic heterocycles. The molecule has 0 saturated carbocycles. The molecule has 4 heteroatoms. The van der Waals surface area contributed by atoms with Gasteiger partial charge in [-0.25, -0.2) is 4.39 Å². The molecular formula is C13H19BrFNO. The number of benzene rings is 1. The van der Waals surface area contributed by atoms with Crippen molar-refractivity contribution in [3.05, 3.63) is 34.1 Å². The van der Waals surface area contributed by atoms with Crippen molar-refractivity contribution in [2.24, 2.45) is 0 Å². The van der Waals surface area contributed by atoms with E-state index in [-0.39, 0.29) is 5.82 Å². The van der Waals surface area contributed by atoms with Gasteiger partial charge < -0.3 is 10.4 Å². The summed E-state index contributed by atoms with van der Waals surface area (Å²) in [6.45, 7) is 7.86. The minimum atomic E-state index is -0.846. The van der Waals surface area contributed by atoms with Gasteiger partial charge in [0.2, 0.25) is 0 Å². The molecule has 0 spiro atoms. The SMILES string of the molecule is CC(C)(O)C(C)(C)NCc1ccc(Br)c(F)c1. The lowest BCUT2D eigenvalue weighted by Crippen LogP contribution is -2.55. The largest absolute Gasteiger partial charge is 0.389 e. The van der Waals surface area contributed by atoms with Gasteiger partial charge >= 0.3 is 0 Å². The Balaban J connectivity index is 2.71. The molecule has 1 aromatic rings. The number of aliphatic hydroxyl groups is 1. The molecule has 0 bridgehead atoms. The summed E-state index contributed by atoms with van der Waals surface area (Å²) in [4.78, 5) is 0. The Hall–Kier alpha value is -0.450. The summed E-state index contributed by atoms with van der Waals surface area (Å²) in [5.41, 5.74) is -0.444. The fraction of sp³-hybridized carbons (Fsp3) is 0.538. The molecule has 2 N–H and O–H groups in total. The van der Waals surface area contributed by atoms with E-state index in [1.807, 2.05) is 19.9 Å².